The first kappa shape index (κ1) is 20.5. The summed E-state index contributed by atoms with van der Waals surface area (Å²) < 4.78 is 12.6. The molecule has 160 valence electrons. The second-order valence-electron chi connectivity index (χ2n) is 7.62. The first-order valence-electron chi connectivity index (χ1n) is 9.91. The predicted molar refractivity (Wildman–Crippen MR) is 116 cm³/mol. The van der Waals surface area contributed by atoms with Crippen LogP contribution in [0.3, 0.4) is 0 Å². The van der Waals surface area contributed by atoms with Gasteiger partial charge >= 0.3 is 0 Å². The minimum atomic E-state index is -0.571. The molecule has 3 N–H and O–H groups in total. The zero-order valence-corrected chi connectivity index (χ0v) is 17.6. The number of methoxy groups -OCH3 is 1. The Morgan fingerprint density at radius 1 is 1.23 bits per heavy atom. The van der Waals surface area contributed by atoms with Crippen LogP contribution in [-0.4, -0.2) is 35.3 Å². The summed E-state index contributed by atoms with van der Waals surface area (Å²) in [4.78, 5) is 23.6. The molecule has 1 aromatic heterocycles. The van der Waals surface area contributed by atoms with Crippen LogP contribution in [0, 0.1) is 13.8 Å². The van der Waals surface area contributed by atoms with Crippen molar-refractivity contribution in [3.63, 3.8) is 0 Å². The Kier molecular flexibility index (Phi) is 5.37. The highest BCUT2D eigenvalue weighted by molar-refractivity contribution is 5.94. The SMILES string of the molecule is COc1cc(C2CC(=O)Nc3c2cnn3-c2cc(C)ccc2C)ccc1OCC(N)=O. The van der Waals surface area contributed by atoms with E-state index in [0.29, 0.717) is 17.3 Å². The van der Waals surface area contributed by atoms with Gasteiger partial charge < -0.3 is 20.5 Å². The van der Waals surface area contributed by atoms with Crippen molar-refractivity contribution >= 4 is 17.6 Å². The number of benzene rings is 2. The molecule has 0 bridgehead atoms. The monoisotopic (exact) mass is 420 g/mol. The maximum atomic E-state index is 12.6. The van der Waals surface area contributed by atoms with E-state index in [2.05, 4.69) is 10.4 Å². The summed E-state index contributed by atoms with van der Waals surface area (Å²) in [6.45, 7) is 3.80. The maximum absolute atomic E-state index is 12.6. The number of amides is 2. The third-order valence-electron chi connectivity index (χ3n) is 5.37. The van der Waals surface area contributed by atoms with Gasteiger partial charge in [0.25, 0.3) is 5.91 Å². The van der Waals surface area contributed by atoms with Crippen LogP contribution in [0.25, 0.3) is 5.69 Å². The highest BCUT2D eigenvalue weighted by Gasteiger charge is 2.31. The second-order valence-corrected chi connectivity index (χ2v) is 7.62. The number of nitrogens with two attached hydrogens (primary N) is 1. The van der Waals surface area contributed by atoms with Gasteiger partial charge in [-0.1, -0.05) is 18.2 Å². The summed E-state index contributed by atoms with van der Waals surface area (Å²) in [5.41, 5.74) is 10.1. The molecular weight excluding hydrogens is 396 g/mol. The van der Waals surface area contributed by atoms with Gasteiger partial charge in [-0.25, -0.2) is 4.68 Å². The van der Waals surface area contributed by atoms with Crippen LogP contribution in [0.5, 0.6) is 11.5 Å². The van der Waals surface area contributed by atoms with Crippen molar-refractivity contribution in [2.45, 2.75) is 26.2 Å². The first-order chi connectivity index (χ1) is 14.9. The Labute approximate surface area is 180 Å². The zero-order chi connectivity index (χ0) is 22.1. The number of fused-ring (bicyclic) bond motifs is 1. The topological polar surface area (TPSA) is 108 Å². The average Bonchev–Trinajstić information content (AvgIpc) is 3.16. The molecule has 0 saturated heterocycles. The molecule has 0 fully saturated rings. The molecule has 3 aromatic rings. The van der Waals surface area contributed by atoms with E-state index in [4.69, 9.17) is 15.2 Å². The minimum Gasteiger partial charge on any atom is -0.493 e. The number of nitrogens with one attached hydrogen (secondary N) is 1. The van der Waals surface area contributed by atoms with Crippen LogP contribution in [-0.2, 0) is 9.59 Å². The summed E-state index contributed by atoms with van der Waals surface area (Å²) in [5, 5.41) is 7.56. The molecule has 0 aliphatic carbocycles. The quantitative estimate of drug-likeness (QED) is 0.637. The van der Waals surface area contributed by atoms with Gasteiger partial charge in [0.1, 0.15) is 5.82 Å². The van der Waals surface area contributed by atoms with Gasteiger partial charge in [0.15, 0.2) is 18.1 Å². The lowest BCUT2D eigenvalue weighted by atomic mass is 9.87. The number of hydrogen-bond donors (Lipinski definition) is 2. The minimum absolute atomic E-state index is 0.0856. The van der Waals surface area contributed by atoms with Gasteiger partial charge in [-0.05, 0) is 48.7 Å². The number of rotatable bonds is 6. The highest BCUT2D eigenvalue weighted by Crippen LogP contribution is 2.41. The average molecular weight is 420 g/mol. The summed E-state index contributed by atoms with van der Waals surface area (Å²) in [7, 11) is 1.52. The lowest BCUT2D eigenvalue weighted by Gasteiger charge is -2.25. The van der Waals surface area contributed by atoms with E-state index in [9.17, 15) is 9.59 Å². The van der Waals surface area contributed by atoms with Crippen molar-refractivity contribution in [2.75, 3.05) is 19.0 Å². The molecule has 8 nitrogen and oxygen atoms in total. The molecule has 1 atom stereocenters. The van der Waals surface area contributed by atoms with Crippen LogP contribution < -0.4 is 20.5 Å². The van der Waals surface area contributed by atoms with E-state index in [1.807, 2.05) is 44.2 Å². The summed E-state index contributed by atoms with van der Waals surface area (Å²) in [5.74, 6) is 0.700. The van der Waals surface area contributed by atoms with Gasteiger partial charge in [0, 0.05) is 17.9 Å². The largest absolute Gasteiger partial charge is 0.493 e. The van der Waals surface area contributed by atoms with Crippen LogP contribution in [0.15, 0.2) is 42.6 Å². The van der Waals surface area contributed by atoms with Gasteiger partial charge in [0.05, 0.1) is 19.0 Å². The summed E-state index contributed by atoms with van der Waals surface area (Å²) >= 11 is 0. The molecule has 2 aromatic carbocycles. The normalized spacial score (nSPS) is 15.2. The van der Waals surface area contributed by atoms with Crippen LogP contribution in [0.2, 0.25) is 0 Å². The van der Waals surface area contributed by atoms with Crippen molar-refractivity contribution in [3.8, 4) is 17.2 Å². The molecule has 1 aliphatic heterocycles. The standard InChI is InChI=1S/C23H24N4O4/c1-13-4-5-14(2)18(8-13)27-23-17(11-25-27)16(10-22(29)26-23)15-6-7-19(20(9-15)30-3)31-12-21(24)28/h4-9,11,16H,10,12H2,1-3H3,(H2,24,28)(H,26,29). The van der Waals surface area contributed by atoms with E-state index in [0.717, 1.165) is 27.9 Å². The Bertz CT molecular complexity index is 1170. The smallest absolute Gasteiger partial charge is 0.255 e. The lowest BCUT2D eigenvalue weighted by Crippen LogP contribution is -2.24. The molecular formula is C23H24N4O4. The lowest BCUT2D eigenvalue weighted by molar-refractivity contribution is -0.120. The molecule has 1 aliphatic rings. The van der Waals surface area contributed by atoms with Gasteiger partial charge in [-0.2, -0.15) is 5.10 Å². The molecule has 1 unspecified atom stereocenters. The summed E-state index contributed by atoms with van der Waals surface area (Å²) in [6.07, 6.45) is 2.08. The highest BCUT2D eigenvalue weighted by atomic mass is 16.5. The third-order valence-corrected chi connectivity index (χ3v) is 5.37. The number of carbonyl (C=O) groups excluding carboxylic acids is 2. The number of aryl methyl sites for hydroxylation is 2. The fourth-order valence-corrected chi connectivity index (χ4v) is 3.82. The fourth-order valence-electron chi connectivity index (χ4n) is 3.82. The number of nitrogens with zero attached hydrogens (tertiary/aromatic N) is 2. The van der Waals surface area contributed by atoms with Gasteiger partial charge in [-0.15, -0.1) is 0 Å². The fraction of sp³-hybridized carbons (Fsp3) is 0.261. The number of carbonyl (C=O) groups is 2. The first-order valence-corrected chi connectivity index (χ1v) is 9.91. The van der Waals surface area contributed by atoms with Crippen molar-refractivity contribution < 1.29 is 19.1 Å². The Balaban J connectivity index is 1.74. The molecule has 0 saturated carbocycles. The molecule has 31 heavy (non-hydrogen) atoms. The van der Waals surface area contributed by atoms with E-state index in [1.165, 1.54) is 7.11 Å². The van der Waals surface area contributed by atoms with Crippen LogP contribution >= 0.6 is 0 Å². The molecule has 0 spiro atoms. The Morgan fingerprint density at radius 2 is 2.03 bits per heavy atom. The van der Waals surface area contributed by atoms with Crippen LogP contribution in [0.1, 0.15) is 34.6 Å². The maximum Gasteiger partial charge on any atom is 0.255 e. The molecule has 0 radical (unpaired) electrons. The Morgan fingerprint density at radius 3 is 2.77 bits per heavy atom. The van der Waals surface area contributed by atoms with E-state index < -0.39 is 5.91 Å². The van der Waals surface area contributed by atoms with E-state index in [-0.39, 0.29) is 24.9 Å². The van der Waals surface area contributed by atoms with Crippen molar-refractivity contribution in [3.05, 3.63) is 64.8 Å². The van der Waals surface area contributed by atoms with Crippen LogP contribution in [0.4, 0.5) is 5.82 Å². The molecule has 4 rings (SSSR count). The molecule has 2 heterocycles. The third kappa shape index (κ3) is 3.96. The van der Waals surface area contributed by atoms with E-state index >= 15 is 0 Å². The van der Waals surface area contributed by atoms with Crippen molar-refractivity contribution in [1.29, 1.82) is 0 Å². The number of aromatic nitrogens is 2. The Hall–Kier alpha value is -3.81. The summed E-state index contributed by atoms with van der Waals surface area (Å²) in [6, 6.07) is 11.5. The zero-order valence-electron chi connectivity index (χ0n) is 17.6. The van der Waals surface area contributed by atoms with Gasteiger partial charge in [-0.3, -0.25) is 9.59 Å². The number of hydrogen-bond acceptors (Lipinski definition) is 5. The van der Waals surface area contributed by atoms with E-state index in [1.54, 1.807) is 16.9 Å². The van der Waals surface area contributed by atoms with Crippen molar-refractivity contribution in [1.82, 2.24) is 9.78 Å². The predicted octanol–water partition coefficient (Wildman–Crippen LogP) is 2.84. The number of ether oxygens (including phenoxy) is 2. The van der Waals surface area contributed by atoms with Crippen molar-refractivity contribution in [2.24, 2.45) is 5.73 Å². The number of primary amides is 1. The molecule has 2 amide bonds. The second kappa shape index (κ2) is 8.14. The molecule has 8 heteroatoms. The van der Waals surface area contributed by atoms with Gasteiger partial charge in [0.2, 0.25) is 5.91 Å². The number of anilines is 1.